The van der Waals surface area contributed by atoms with Crippen LogP contribution in [0.15, 0.2) is 29.4 Å². The Bertz CT molecular complexity index is 481. The van der Waals surface area contributed by atoms with Crippen LogP contribution < -0.4 is 11.1 Å². The molecule has 1 rings (SSSR count). The van der Waals surface area contributed by atoms with Gasteiger partial charge in [0.1, 0.15) is 5.84 Å². The number of benzene rings is 1. The summed E-state index contributed by atoms with van der Waals surface area (Å²) in [6.45, 7) is 5.91. The number of nitrogens with one attached hydrogen (secondary N) is 1. The van der Waals surface area contributed by atoms with Gasteiger partial charge in [-0.2, -0.15) is 0 Å². The smallest absolute Gasteiger partial charge is 0.251 e. The summed E-state index contributed by atoms with van der Waals surface area (Å²) in [5, 5.41) is 14.5. The van der Waals surface area contributed by atoms with Gasteiger partial charge in [0.25, 0.3) is 5.91 Å². The number of carbonyl (C=O) groups excluding carboxylic acids is 1. The van der Waals surface area contributed by atoms with E-state index in [9.17, 15) is 4.79 Å². The van der Waals surface area contributed by atoms with Crippen molar-refractivity contribution in [3.05, 3.63) is 35.4 Å². The van der Waals surface area contributed by atoms with Gasteiger partial charge in [-0.05, 0) is 18.1 Å². The molecule has 0 fully saturated rings. The molecule has 0 aliphatic carbocycles. The molecule has 0 aliphatic heterocycles. The highest BCUT2D eigenvalue weighted by molar-refractivity contribution is 5.96. The van der Waals surface area contributed by atoms with Gasteiger partial charge in [0, 0.05) is 17.5 Å². The van der Waals surface area contributed by atoms with E-state index in [1.165, 1.54) is 0 Å². The van der Waals surface area contributed by atoms with E-state index in [0.717, 1.165) is 12.0 Å². The number of hydrogen-bond acceptors (Lipinski definition) is 3. The molecular formula is C14H21N3O2. The summed E-state index contributed by atoms with van der Waals surface area (Å²) in [5.41, 5.74) is 6.66. The molecule has 0 bridgehead atoms. The number of hydrogen-bond donors (Lipinski definition) is 3. The minimum absolute atomic E-state index is 0.0941. The van der Waals surface area contributed by atoms with Crippen molar-refractivity contribution in [3.8, 4) is 0 Å². The lowest BCUT2D eigenvalue weighted by atomic mass is 9.92. The molecule has 1 amide bonds. The van der Waals surface area contributed by atoms with E-state index in [1.54, 1.807) is 19.9 Å². The number of nitrogens with two attached hydrogens (primary N) is 1. The quantitative estimate of drug-likeness (QED) is 0.327. The van der Waals surface area contributed by atoms with Crippen molar-refractivity contribution in [2.45, 2.75) is 27.2 Å². The summed E-state index contributed by atoms with van der Waals surface area (Å²) in [7, 11) is 0. The molecule has 0 unspecified atom stereocenters. The molecule has 0 saturated carbocycles. The third-order valence-corrected chi connectivity index (χ3v) is 3.13. The van der Waals surface area contributed by atoms with E-state index in [0.29, 0.717) is 12.1 Å². The maximum atomic E-state index is 12.1. The van der Waals surface area contributed by atoms with E-state index in [-0.39, 0.29) is 11.7 Å². The lowest BCUT2D eigenvalue weighted by molar-refractivity contribution is 0.0943. The Hall–Kier alpha value is -2.04. The van der Waals surface area contributed by atoms with Crippen molar-refractivity contribution in [2.24, 2.45) is 16.3 Å². The number of amidine groups is 1. The number of nitrogens with zero attached hydrogens (tertiary/aromatic N) is 1. The van der Waals surface area contributed by atoms with Crippen molar-refractivity contribution in [3.63, 3.8) is 0 Å². The van der Waals surface area contributed by atoms with Crippen LogP contribution in [0.4, 0.5) is 0 Å². The Morgan fingerprint density at radius 2 is 2.05 bits per heavy atom. The Balaban J connectivity index is 2.76. The maximum Gasteiger partial charge on any atom is 0.251 e. The van der Waals surface area contributed by atoms with Crippen molar-refractivity contribution in [1.82, 2.24) is 5.32 Å². The van der Waals surface area contributed by atoms with Gasteiger partial charge in [-0.25, -0.2) is 0 Å². The zero-order valence-electron chi connectivity index (χ0n) is 11.6. The fraction of sp³-hybridized carbons (Fsp3) is 0.429. The van der Waals surface area contributed by atoms with Crippen LogP contribution in [0.3, 0.4) is 0 Å². The van der Waals surface area contributed by atoms with Gasteiger partial charge in [-0.1, -0.05) is 44.1 Å². The molecule has 4 N–H and O–H groups in total. The Labute approximate surface area is 113 Å². The van der Waals surface area contributed by atoms with E-state index in [4.69, 9.17) is 10.9 Å². The van der Waals surface area contributed by atoms with E-state index >= 15 is 0 Å². The second kappa shape index (κ2) is 6.22. The standard InChI is InChI=1S/C14H21N3O2/c1-4-10-7-5-6-8-11(10)12(18)16-9-14(2,3)13(15)17-19/h5-8,19H,4,9H2,1-3H3,(H2,15,17)(H,16,18). The van der Waals surface area contributed by atoms with E-state index in [1.807, 2.05) is 25.1 Å². The van der Waals surface area contributed by atoms with Crippen LogP contribution in [0, 0.1) is 5.41 Å². The largest absolute Gasteiger partial charge is 0.409 e. The second-order valence-corrected chi connectivity index (χ2v) is 5.06. The minimum atomic E-state index is -0.592. The van der Waals surface area contributed by atoms with Gasteiger partial charge >= 0.3 is 0 Å². The normalized spacial score (nSPS) is 12.3. The first-order chi connectivity index (χ1) is 8.92. The summed E-state index contributed by atoms with van der Waals surface area (Å²) in [5.74, 6) is -0.0483. The second-order valence-electron chi connectivity index (χ2n) is 5.06. The Morgan fingerprint density at radius 1 is 1.42 bits per heavy atom. The molecule has 0 atom stereocenters. The molecule has 104 valence electrons. The van der Waals surface area contributed by atoms with Gasteiger partial charge in [0.15, 0.2) is 0 Å². The van der Waals surface area contributed by atoms with Crippen LogP contribution in [-0.2, 0) is 6.42 Å². The van der Waals surface area contributed by atoms with Crippen molar-refractivity contribution in [1.29, 1.82) is 0 Å². The predicted molar refractivity (Wildman–Crippen MR) is 75.3 cm³/mol. The van der Waals surface area contributed by atoms with Crippen LogP contribution in [0.25, 0.3) is 0 Å². The summed E-state index contributed by atoms with van der Waals surface area (Å²) in [6.07, 6.45) is 0.799. The molecule has 0 aliphatic rings. The van der Waals surface area contributed by atoms with Crippen LogP contribution in [0.1, 0.15) is 36.7 Å². The van der Waals surface area contributed by atoms with E-state index in [2.05, 4.69) is 10.5 Å². The fourth-order valence-corrected chi connectivity index (χ4v) is 1.67. The predicted octanol–water partition coefficient (Wildman–Crippen LogP) is 1.75. The number of aryl methyl sites for hydroxylation is 1. The summed E-state index contributed by atoms with van der Waals surface area (Å²) < 4.78 is 0. The molecule has 0 radical (unpaired) electrons. The molecule has 19 heavy (non-hydrogen) atoms. The van der Waals surface area contributed by atoms with Gasteiger partial charge in [-0.3, -0.25) is 4.79 Å². The highest BCUT2D eigenvalue weighted by Crippen LogP contribution is 2.15. The molecule has 1 aromatic carbocycles. The summed E-state index contributed by atoms with van der Waals surface area (Å²) >= 11 is 0. The first kappa shape index (κ1) is 15.0. The molecule has 5 heteroatoms. The minimum Gasteiger partial charge on any atom is -0.409 e. The number of amides is 1. The molecule has 0 spiro atoms. The highest BCUT2D eigenvalue weighted by Gasteiger charge is 2.24. The van der Waals surface area contributed by atoms with E-state index < -0.39 is 5.41 Å². The molecular weight excluding hydrogens is 242 g/mol. The molecule has 5 nitrogen and oxygen atoms in total. The van der Waals surface area contributed by atoms with Crippen LogP contribution in [0.2, 0.25) is 0 Å². The number of oxime groups is 1. The first-order valence-electron chi connectivity index (χ1n) is 6.26. The van der Waals surface area contributed by atoms with Gasteiger partial charge in [-0.15, -0.1) is 0 Å². The zero-order valence-corrected chi connectivity index (χ0v) is 11.6. The third kappa shape index (κ3) is 3.71. The van der Waals surface area contributed by atoms with Gasteiger partial charge in [0.05, 0.1) is 0 Å². The SMILES string of the molecule is CCc1ccccc1C(=O)NCC(C)(C)/C(N)=N/O. The van der Waals surface area contributed by atoms with Crippen LogP contribution in [-0.4, -0.2) is 23.5 Å². The van der Waals surface area contributed by atoms with Gasteiger partial charge in [0.2, 0.25) is 0 Å². The van der Waals surface area contributed by atoms with Crippen molar-refractivity contribution >= 4 is 11.7 Å². The average molecular weight is 263 g/mol. The lowest BCUT2D eigenvalue weighted by Gasteiger charge is -2.23. The Kier molecular flexibility index (Phi) is 4.92. The van der Waals surface area contributed by atoms with Crippen molar-refractivity contribution < 1.29 is 10.0 Å². The number of rotatable bonds is 5. The molecule has 0 saturated heterocycles. The van der Waals surface area contributed by atoms with Gasteiger partial charge < -0.3 is 16.3 Å². The average Bonchev–Trinajstić information content (AvgIpc) is 2.43. The molecule has 0 heterocycles. The third-order valence-electron chi connectivity index (χ3n) is 3.13. The summed E-state index contributed by atoms with van der Waals surface area (Å²) in [6, 6.07) is 7.48. The zero-order chi connectivity index (χ0) is 14.5. The van der Waals surface area contributed by atoms with Crippen LogP contribution in [0.5, 0.6) is 0 Å². The monoisotopic (exact) mass is 263 g/mol. The topological polar surface area (TPSA) is 87.7 Å². The Morgan fingerprint density at radius 3 is 2.63 bits per heavy atom. The molecule has 1 aromatic rings. The lowest BCUT2D eigenvalue weighted by Crippen LogP contribution is -2.42. The number of carbonyl (C=O) groups is 1. The first-order valence-corrected chi connectivity index (χ1v) is 6.26. The molecule has 0 aromatic heterocycles. The fourth-order valence-electron chi connectivity index (χ4n) is 1.67. The summed E-state index contributed by atoms with van der Waals surface area (Å²) in [4.78, 5) is 12.1. The van der Waals surface area contributed by atoms with Crippen molar-refractivity contribution in [2.75, 3.05) is 6.54 Å². The maximum absolute atomic E-state index is 12.1. The van der Waals surface area contributed by atoms with Crippen LogP contribution >= 0.6 is 0 Å². The highest BCUT2D eigenvalue weighted by atomic mass is 16.4.